The van der Waals surface area contributed by atoms with Crippen molar-refractivity contribution in [1.29, 1.82) is 0 Å². The molecule has 27 heavy (non-hydrogen) atoms. The zero-order chi connectivity index (χ0) is 19.1. The Hall–Kier alpha value is -3.19. The number of hydrogen-bond acceptors (Lipinski definition) is 7. The van der Waals surface area contributed by atoms with Gasteiger partial charge in [-0.25, -0.2) is 0 Å². The summed E-state index contributed by atoms with van der Waals surface area (Å²) in [5.41, 5.74) is 6.62. The third-order valence-electron chi connectivity index (χ3n) is 3.71. The molecule has 0 saturated carbocycles. The Balaban J connectivity index is 1.54. The molecule has 1 atom stereocenters. The van der Waals surface area contributed by atoms with Crippen molar-refractivity contribution < 1.29 is 9.47 Å². The van der Waals surface area contributed by atoms with E-state index in [0.29, 0.717) is 25.0 Å². The minimum Gasteiger partial charge on any atom is -0.457 e. The summed E-state index contributed by atoms with van der Waals surface area (Å²) in [7, 11) is 0. The normalized spacial score (nSPS) is 11.8. The number of ether oxygens (including phenoxy) is 2. The van der Waals surface area contributed by atoms with Gasteiger partial charge < -0.3 is 20.5 Å². The lowest BCUT2D eigenvalue weighted by Gasteiger charge is -2.16. The number of nitrogens with one attached hydrogen (secondary N) is 1. The van der Waals surface area contributed by atoms with Crippen LogP contribution >= 0.6 is 0 Å². The molecule has 0 bridgehead atoms. The molecule has 0 spiro atoms. The average Bonchev–Trinajstić information content (AvgIpc) is 2.63. The van der Waals surface area contributed by atoms with Gasteiger partial charge in [0.2, 0.25) is 11.9 Å². The van der Waals surface area contributed by atoms with Crippen LogP contribution in [0.1, 0.15) is 18.3 Å². The summed E-state index contributed by atoms with van der Waals surface area (Å²) in [6.45, 7) is 4.67. The molecule has 3 N–H and O–H groups in total. The van der Waals surface area contributed by atoms with Crippen LogP contribution in [-0.4, -0.2) is 27.6 Å². The van der Waals surface area contributed by atoms with Crippen molar-refractivity contribution in [2.75, 3.05) is 17.7 Å². The molecule has 140 valence electrons. The van der Waals surface area contributed by atoms with E-state index in [4.69, 9.17) is 15.2 Å². The highest BCUT2D eigenvalue weighted by Gasteiger charge is 2.09. The number of nitrogen functional groups attached to an aromatic ring is 1. The molecule has 1 unspecified atom stereocenters. The Morgan fingerprint density at radius 1 is 1.00 bits per heavy atom. The van der Waals surface area contributed by atoms with Gasteiger partial charge in [-0.1, -0.05) is 36.4 Å². The zero-order valence-corrected chi connectivity index (χ0v) is 15.4. The number of nitrogens with zero attached hydrogens (tertiary/aromatic N) is 3. The molecule has 1 heterocycles. The second-order valence-corrected chi connectivity index (χ2v) is 6.15. The lowest BCUT2D eigenvalue weighted by atomic mass is 10.2. The molecule has 3 aromatic rings. The topological polar surface area (TPSA) is 95.2 Å². The Morgan fingerprint density at radius 3 is 2.52 bits per heavy atom. The molecule has 7 nitrogen and oxygen atoms in total. The van der Waals surface area contributed by atoms with Gasteiger partial charge >= 0.3 is 0 Å². The van der Waals surface area contributed by atoms with Crippen molar-refractivity contribution in [2.24, 2.45) is 0 Å². The summed E-state index contributed by atoms with van der Waals surface area (Å²) < 4.78 is 11.8. The number of nitrogens with two attached hydrogens (primary N) is 1. The first-order valence-electron chi connectivity index (χ1n) is 8.73. The fraction of sp³-hybridized carbons (Fsp3) is 0.250. The summed E-state index contributed by atoms with van der Waals surface area (Å²) in [5.74, 6) is 2.80. The first kappa shape index (κ1) is 18.6. The molecule has 0 aliphatic carbocycles. The summed E-state index contributed by atoms with van der Waals surface area (Å²) in [6, 6.07) is 17.5. The van der Waals surface area contributed by atoms with Crippen LogP contribution in [0.2, 0.25) is 0 Å². The standard InChI is InChI=1S/C20H23N5O2/c1-14(22-20-24-15(2)23-19(21)25-20)12-26-13-16-8-6-7-11-18(16)27-17-9-4-3-5-10-17/h3-11,14H,12-13H2,1-2H3,(H3,21,22,23,24,25). The average molecular weight is 365 g/mol. The van der Waals surface area contributed by atoms with Crippen molar-refractivity contribution >= 4 is 11.9 Å². The number of para-hydroxylation sites is 2. The number of aromatic nitrogens is 3. The monoisotopic (exact) mass is 365 g/mol. The quantitative estimate of drug-likeness (QED) is 0.630. The molecule has 0 saturated heterocycles. The van der Waals surface area contributed by atoms with E-state index in [-0.39, 0.29) is 12.0 Å². The van der Waals surface area contributed by atoms with Gasteiger partial charge in [-0.3, -0.25) is 0 Å². The SMILES string of the molecule is Cc1nc(N)nc(NC(C)COCc2ccccc2Oc2ccccc2)n1. The molecule has 0 aliphatic rings. The van der Waals surface area contributed by atoms with Gasteiger partial charge in [-0.05, 0) is 32.0 Å². The van der Waals surface area contributed by atoms with E-state index in [1.807, 2.05) is 61.5 Å². The molecule has 0 aliphatic heterocycles. The fourth-order valence-corrected chi connectivity index (χ4v) is 2.51. The van der Waals surface area contributed by atoms with Crippen LogP contribution < -0.4 is 15.8 Å². The third-order valence-corrected chi connectivity index (χ3v) is 3.71. The van der Waals surface area contributed by atoms with Crippen LogP contribution in [0.3, 0.4) is 0 Å². The molecular weight excluding hydrogens is 342 g/mol. The first-order valence-corrected chi connectivity index (χ1v) is 8.73. The van der Waals surface area contributed by atoms with E-state index in [9.17, 15) is 0 Å². The van der Waals surface area contributed by atoms with Crippen molar-refractivity contribution in [2.45, 2.75) is 26.5 Å². The molecule has 0 amide bonds. The van der Waals surface area contributed by atoms with Gasteiger partial charge in [0.25, 0.3) is 0 Å². The Bertz CT molecular complexity index is 853. The van der Waals surface area contributed by atoms with E-state index in [2.05, 4.69) is 20.3 Å². The molecule has 1 aromatic heterocycles. The minimum absolute atomic E-state index is 0.00778. The maximum absolute atomic E-state index is 5.95. The van der Waals surface area contributed by atoms with Gasteiger partial charge in [0.15, 0.2) is 0 Å². The van der Waals surface area contributed by atoms with Gasteiger partial charge in [0, 0.05) is 11.6 Å². The van der Waals surface area contributed by atoms with Crippen LogP contribution in [-0.2, 0) is 11.3 Å². The zero-order valence-electron chi connectivity index (χ0n) is 15.4. The number of anilines is 2. The van der Waals surface area contributed by atoms with Crippen molar-refractivity contribution in [3.05, 3.63) is 66.0 Å². The smallest absolute Gasteiger partial charge is 0.228 e. The highest BCUT2D eigenvalue weighted by Crippen LogP contribution is 2.25. The van der Waals surface area contributed by atoms with Crippen LogP contribution in [0.25, 0.3) is 0 Å². The maximum Gasteiger partial charge on any atom is 0.228 e. The molecule has 3 rings (SSSR count). The van der Waals surface area contributed by atoms with Crippen LogP contribution in [0.5, 0.6) is 11.5 Å². The third kappa shape index (κ3) is 5.65. The number of rotatable bonds is 8. The number of hydrogen-bond donors (Lipinski definition) is 2. The van der Waals surface area contributed by atoms with E-state index in [0.717, 1.165) is 17.1 Å². The van der Waals surface area contributed by atoms with Gasteiger partial charge in [-0.15, -0.1) is 0 Å². The van der Waals surface area contributed by atoms with Crippen LogP contribution in [0, 0.1) is 6.92 Å². The first-order chi connectivity index (χ1) is 13.1. The molecule has 7 heteroatoms. The maximum atomic E-state index is 5.95. The highest BCUT2D eigenvalue weighted by molar-refractivity contribution is 5.37. The number of benzene rings is 2. The highest BCUT2D eigenvalue weighted by atomic mass is 16.5. The summed E-state index contributed by atoms with van der Waals surface area (Å²) in [4.78, 5) is 12.2. The number of aryl methyl sites for hydroxylation is 1. The van der Waals surface area contributed by atoms with Gasteiger partial charge in [0.1, 0.15) is 17.3 Å². The summed E-state index contributed by atoms with van der Waals surface area (Å²) >= 11 is 0. The van der Waals surface area contributed by atoms with Gasteiger partial charge in [-0.2, -0.15) is 15.0 Å². The predicted molar refractivity (Wildman–Crippen MR) is 105 cm³/mol. The summed E-state index contributed by atoms with van der Waals surface area (Å²) in [5, 5.41) is 3.17. The Labute approximate surface area is 158 Å². The van der Waals surface area contributed by atoms with E-state index in [1.54, 1.807) is 6.92 Å². The van der Waals surface area contributed by atoms with Crippen molar-refractivity contribution in [3.63, 3.8) is 0 Å². The van der Waals surface area contributed by atoms with E-state index in [1.165, 1.54) is 0 Å². The van der Waals surface area contributed by atoms with Crippen LogP contribution in [0.4, 0.5) is 11.9 Å². The molecule has 0 fully saturated rings. The van der Waals surface area contributed by atoms with Crippen molar-refractivity contribution in [1.82, 2.24) is 15.0 Å². The fourth-order valence-electron chi connectivity index (χ4n) is 2.51. The second kappa shape index (κ2) is 8.95. The molecular formula is C20H23N5O2. The van der Waals surface area contributed by atoms with Crippen LogP contribution in [0.15, 0.2) is 54.6 Å². The Morgan fingerprint density at radius 2 is 1.74 bits per heavy atom. The largest absolute Gasteiger partial charge is 0.457 e. The molecule has 2 aromatic carbocycles. The van der Waals surface area contributed by atoms with E-state index < -0.39 is 0 Å². The molecule has 0 radical (unpaired) electrons. The Kier molecular flexibility index (Phi) is 6.17. The minimum atomic E-state index is 0.00778. The predicted octanol–water partition coefficient (Wildman–Crippen LogP) is 3.57. The summed E-state index contributed by atoms with van der Waals surface area (Å²) in [6.07, 6.45) is 0. The lowest BCUT2D eigenvalue weighted by molar-refractivity contribution is 0.113. The second-order valence-electron chi connectivity index (χ2n) is 6.15. The lowest BCUT2D eigenvalue weighted by Crippen LogP contribution is -2.23. The van der Waals surface area contributed by atoms with Crippen molar-refractivity contribution in [3.8, 4) is 11.5 Å². The van der Waals surface area contributed by atoms with Gasteiger partial charge in [0.05, 0.1) is 13.2 Å². The van der Waals surface area contributed by atoms with E-state index >= 15 is 0 Å².